The smallest absolute Gasteiger partial charge is 0.262 e. The molecule has 0 saturated heterocycles. The topological polar surface area (TPSA) is 63.2 Å². The minimum Gasteiger partial charge on any atom is -0.289 e. The quantitative estimate of drug-likeness (QED) is 0.494. The van der Waals surface area contributed by atoms with E-state index >= 15 is 0 Å². The van der Waals surface area contributed by atoms with Crippen LogP contribution in [0.1, 0.15) is 46.5 Å². The van der Waals surface area contributed by atoms with E-state index in [2.05, 4.69) is 4.72 Å². The Bertz CT molecular complexity index is 1200. The van der Waals surface area contributed by atoms with Crippen LogP contribution in [0.25, 0.3) is 0 Å². The van der Waals surface area contributed by atoms with Crippen LogP contribution in [0.15, 0.2) is 59.5 Å². The molecule has 0 unspecified atom stereocenters. The van der Waals surface area contributed by atoms with Crippen molar-refractivity contribution in [1.29, 1.82) is 0 Å². The molecule has 1 N–H and O–H groups in total. The summed E-state index contributed by atoms with van der Waals surface area (Å²) in [5.41, 5.74) is 2.44. The highest BCUT2D eigenvalue weighted by Crippen LogP contribution is 2.24. The number of anilines is 1. The molecule has 0 atom stereocenters. The van der Waals surface area contributed by atoms with Crippen LogP contribution in [0.2, 0.25) is 0 Å². The fraction of sp³-hybridized carbons (Fsp3) is 0.208. The predicted molar refractivity (Wildman–Crippen MR) is 119 cm³/mol. The summed E-state index contributed by atoms with van der Waals surface area (Å²) in [5, 5.41) is 0. The Morgan fingerprint density at radius 2 is 1.42 bits per heavy atom. The third kappa shape index (κ3) is 5.76. The van der Waals surface area contributed by atoms with Gasteiger partial charge in [-0.15, -0.1) is 0 Å². The van der Waals surface area contributed by atoms with E-state index in [-0.39, 0.29) is 21.7 Å². The second-order valence-electron chi connectivity index (χ2n) is 6.89. The second-order valence-corrected chi connectivity index (χ2v) is 8.54. The maximum absolute atomic E-state index is 13.4. The number of halogens is 2. The van der Waals surface area contributed by atoms with Gasteiger partial charge in [-0.05, 0) is 68.3 Å². The molecule has 3 aromatic carbocycles. The zero-order valence-electron chi connectivity index (χ0n) is 18.1. The molecular formula is C24H25F2NO3S. The average Bonchev–Trinajstić information content (AvgIpc) is 2.68. The summed E-state index contributed by atoms with van der Waals surface area (Å²) in [6.45, 7) is 9.21. The van der Waals surface area contributed by atoms with Gasteiger partial charge in [0.05, 0.1) is 4.90 Å². The van der Waals surface area contributed by atoms with Crippen LogP contribution in [0, 0.1) is 32.4 Å². The molecule has 0 saturated carbocycles. The van der Waals surface area contributed by atoms with E-state index in [9.17, 15) is 22.0 Å². The van der Waals surface area contributed by atoms with Gasteiger partial charge in [-0.2, -0.15) is 0 Å². The number of aryl methyl sites for hydroxylation is 3. The molecule has 0 heterocycles. The molecule has 164 valence electrons. The van der Waals surface area contributed by atoms with Gasteiger partial charge in [0.15, 0.2) is 5.78 Å². The summed E-state index contributed by atoms with van der Waals surface area (Å²) in [6, 6.07) is 12.0. The molecule has 3 rings (SSSR count). The Balaban J connectivity index is 0.00000166. The Morgan fingerprint density at radius 3 is 1.97 bits per heavy atom. The molecule has 7 heteroatoms. The maximum Gasteiger partial charge on any atom is 0.262 e. The Hall–Kier alpha value is -3.06. The molecule has 0 bridgehead atoms. The third-order valence-electron chi connectivity index (χ3n) is 4.47. The molecule has 0 spiro atoms. The number of hydrogen-bond donors (Lipinski definition) is 1. The van der Waals surface area contributed by atoms with Crippen molar-refractivity contribution >= 4 is 21.5 Å². The van der Waals surface area contributed by atoms with E-state index in [1.54, 1.807) is 26.0 Å². The Labute approximate surface area is 182 Å². The minimum absolute atomic E-state index is 0.116. The largest absolute Gasteiger partial charge is 0.289 e. The summed E-state index contributed by atoms with van der Waals surface area (Å²) in [7, 11) is -3.81. The fourth-order valence-electron chi connectivity index (χ4n) is 3.13. The number of nitrogens with one attached hydrogen (secondary N) is 1. The standard InChI is InChI=1S/C22H19F2NO3S.C2H6/c1-13-4-7-21(15(3)8-13)29(27,28)25-19-5-6-20(14(2)9-19)22(26)16-10-17(23)12-18(24)11-16;1-2/h4-12,25H,1-3H3;1-2H3. The highest BCUT2D eigenvalue weighted by atomic mass is 32.2. The van der Waals surface area contributed by atoms with Crippen molar-refractivity contribution < 1.29 is 22.0 Å². The van der Waals surface area contributed by atoms with Crippen LogP contribution in [-0.2, 0) is 10.0 Å². The molecule has 0 amide bonds. The van der Waals surface area contributed by atoms with Gasteiger partial charge in [0.25, 0.3) is 10.0 Å². The van der Waals surface area contributed by atoms with Gasteiger partial charge < -0.3 is 0 Å². The summed E-state index contributed by atoms with van der Waals surface area (Å²) >= 11 is 0. The summed E-state index contributed by atoms with van der Waals surface area (Å²) in [4.78, 5) is 12.8. The molecule has 0 radical (unpaired) electrons. The predicted octanol–water partition coefficient (Wildman–Crippen LogP) is 5.95. The lowest BCUT2D eigenvalue weighted by molar-refractivity contribution is 0.103. The molecule has 0 aliphatic rings. The lowest BCUT2D eigenvalue weighted by atomic mass is 9.98. The molecule has 3 aromatic rings. The Kier molecular flexibility index (Phi) is 7.68. The maximum atomic E-state index is 13.4. The number of sulfonamides is 1. The van der Waals surface area contributed by atoms with Crippen molar-refractivity contribution in [3.05, 3.63) is 94.0 Å². The van der Waals surface area contributed by atoms with Gasteiger partial charge in [-0.3, -0.25) is 9.52 Å². The average molecular weight is 446 g/mol. The molecule has 4 nitrogen and oxygen atoms in total. The first-order valence-corrected chi connectivity index (χ1v) is 11.3. The normalized spacial score (nSPS) is 10.8. The molecule has 0 aliphatic heterocycles. The van der Waals surface area contributed by atoms with E-state index < -0.39 is 27.4 Å². The van der Waals surface area contributed by atoms with Crippen molar-refractivity contribution in [2.75, 3.05) is 4.72 Å². The van der Waals surface area contributed by atoms with Crippen LogP contribution in [-0.4, -0.2) is 14.2 Å². The molecule has 0 aliphatic carbocycles. The van der Waals surface area contributed by atoms with Crippen molar-refractivity contribution in [2.45, 2.75) is 39.5 Å². The number of carbonyl (C=O) groups is 1. The molecule has 0 fully saturated rings. The highest BCUT2D eigenvalue weighted by molar-refractivity contribution is 7.92. The fourth-order valence-corrected chi connectivity index (χ4v) is 4.41. The molecule has 0 aromatic heterocycles. The van der Waals surface area contributed by atoms with Gasteiger partial charge in [0, 0.05) is 22.9 Å². The van der Waals surface area contributed by atoms with Crippen LogP contribution in [0.3, 0.4) is 0 Å². The van der Waals surface area contributed by atoms with Crippen molar-refractivity contribution in [2.24, 2.45) is 0 Å². The van der Waals surface area contributed by atoms with Gasteiger partial charge in [0.2, 0.25) is 0 Å². The molecular weight excluding hydrogens is 420 g/mol. The Morgan fingerprint density at radius 1 is 0.806 bits per heavy atom. The third-order valence-corrected chi connectivity index (χ3v) is 6.01. The highest BCUT2D eigenvalue weighted by Gasteiger charge is 2.19. The monoisotopic (exact) mass is 445 g/mol. The number of rotatable bonds is 5. The first-order chi connectivity index (χ1) is 14.6. The lowest BCUT2D eigenvalue weighted by Gasteiger charge is -2.13. The number of benzene rings is 3. The van der Waals surface area contributed by atoms with Gasteiger partial charge >= 0.3 is 0 Å². The van der Waals surface area contributed by atoms with Crippen molar-refractivity contribution in [3.63, 3.8) is 0 Å². The SMILES string of the molecule is CC.Cc1ccc(S(=O)(=O)Nc2ccc(C(=O)c3cc(F)cc(F)c3)c(C)c2)c(C)c1. The van der Waals surface area contributed by atoms with Gasteiger partial charge in [-0.1, -0.05) is 31.5 Å². The zero-order chi connectivity index (χ0) is 23.3. The zero-order valence-corrected chi connectivity index (χ0v) is 18.9. The van der Waals surface area contributed by atoms with E-state index in [1.165, 1.54) is 24.3 Å². The van der Waals surface area contributed by atoms with Crippen LogP contribution >= 0.6 is 0 Å². The number of carbonyl (C=O) groups excluding carboxylic acids is 1. The number of ketones is 1. The first kappa shape index (κ1) is 24.2. The van der Waals surface area contributed by atoms with Crippen molar-refractivity contribution in [3.8, 4) is 0 Å². The summed E-state index contributed by atoms with van der Waals surface area (Å²) in [6.07, 6.45) is 0. The first-order valence-electron chi connectivity index (χ1n) is 9.78. The van der Waals surface area contributed by atoms with Gasteiger partial charge in [0.1, 0.15) is 11.6 Å². The second kappa shape index (κ2) is 9.83. The van der Waals surface area contributed by atoms with E-state index in [4.69, 9.17) is 0 Å². The van der Waals surface area contributed by atoms with Crippen molar-refractivity contribution in [1.82, 2.24) is 0 Å². The van der Waals surface area contributed by atoms with Crippen LogP contribution < -0.4 is 4.72 Å². The summed E-state index contributed by atoms with van der Waals surface area (Å²) in [5.74, 6) is -2.24. The molecule has 31 heavy (non-hydrogen) atoms. The van der Waals surface area contributed by atoms with Crippen LogP contribution in [0.4, 0.5) is 14.5 Å². The number of hydrogen-bond acceptors (Lipinski definition) is 3. The van der Waals surface area contributed by atoms with Gasteiger partial charge in [-0.25, -0.2) is 17.2 Å². The van der Waals surface area contributed by atoms with E-state index in [1.807, 2.05) is 20.8 Å². The van der Waals surface area contributed by atoms with E-state index in [0.29, 0.717) is 17.2 Å². The van der Waals surface area contributed by atoms with E-state index in [0.717, 1.165) is 17.7 Å². The minimum atomic E-state index is -3.81. The lowest BCUT2D eigenvalue weighted by Crippen LogP contribution is -2.15. The summed E-state index contributed by atoms with van der Waals surface area (Å²) < 4.78 is 54.7. The van der Waals surface area contributed by atoms with Crippen LogP contribution in [0.5, 0.6) is 0 Å².